The molecule has 2 aromatic carbocycles. The molecule has 0 aliphatic heterocycles. The van der Waals surface area contributed by atoms with E-state index in [1.807, 2.05) is 31.2 Å². The third kappa shape index (κ3) is 3.72. The number of thiophene rings is 1. The van der Waals surface area contributed by atoms with Gasteiger partial charge in [0.1, 0.15) is 6.54 Å². The van der Waals surface area contributed by atoms with Crippen molar-refractivity contribution in [3.8, 4) is 0 Å². The van der Waals surface area contributed by atoms with Crippen LogP contribution in [0.5, 0.6) is 0 Å². The average molecular weight is 353 g/mol. The molecule has 0 spiro atoms. The minimum absolute atomic E-state index is 0.245. The lowest BCUT2D eigenvalue weighted by Crippen LogP contribution is -2.31. The zero-order valence-electron chi connectivity index (χ0n) is 14.2. The number of carboxylic acids is 1. The van der Waals surface area contributed by atoms with Gasteiger partial charge >= 0.3 is 5.97 Å². The minimum atomic E-state index is -1.02. The Labute approximate surface area is 150 Å². The lowest BCUT2D eigenvalue weighted by Gasteiger charge is -2.14. The first-order valence-electron chi connectivity index (χ1n) is 7.99. The van der Waals surface area contributed by atoms with Crippen molar-refractivity contribution >= 4 is 33.3 Å². The first kappa shape index (κ1) is 17.2. The molecule has 3 aromatic rings. The number of carboxylic acid groups (broad SMARTS) is 1. The molecule has 0 aliphatic rings. The lowest BCUT2D eigenvalue weighted by molar-refractivity contribution is -0.137. The predicted molar refractivity (Wildman–Crippen MR) is 100 cm³/mol. The number of carbonyl (C=O) groups is 2. The first-order valence-corrected chi connectivity index (χ1v) is 8.80. The largest absolute Gasteiger partial charge is 0.480 e. The molecule has 1 N–H and O–H groups in total. The zero-order chi connectivity index (χ0) is 18.0. The van der Waals surface area contributed by atoms with Gasteiger partial charge in [0.25, 0.3) is 5.91 Å². The van der Waals surface area contributed by atoms with Gasteiger partial charge in [-0.25, -0.2) is 0 Å². The number of benzene rings is 2. The van der Waals surface area contributed by atoms with E-state index in [4.69, 9.17) is 5.11 Å². The molecular weight excluding hydrogens is 334 g/mol. The summed E-state index contributed by atoms with van der Waals surface area (Å²) in [5, 5.41) is 10.0. The molecule has 3 rings (SSSR count). The molecule has 0 radical (unpaired) electrons. The zero-order valence-corrected chi connectivity index (χ0v) is 15.0. The van der Waals surface area contributed by atoms with Crippen molar-refractivity contribution < 1.29 is 14.7 Å². The number of carbonyl (C=O) groups excluding carboxylic acids is 1. The van der Waals surface area contributed by atoms with Crippen molar-refractivity contribution in [1.29, 1.82) is 0 Å². The van der Waals surface area contributed by atoms with Crippen LogP contribution in [-0.2, 0) is 11.2 Å². The van der Waals surface area contributed by atoms with Crippen LogP contribution in [0.2, 0.25) is 0 Å². The second-order valence-corrected chi connectivity index (χ2v) is 7.18. The fraction of sp³-hybridized carbons (Fsp3) is 0.200. The number of likely N-dealkylation sites (N-methyl/N-ethyl adjacent to an activating group) is 1. The van der Waals surface area contributed by atoms with Gasteiger partial charge in [0.15, 0.2) is 0 Å². The van der Waals surface area contributed by atoms with Gasteiger partial charge in [-0.3, -0.25) is 9.59 Å². The van der Waals surface area contributed by atoms with Crippen LogP contribution < -0.4 is 0 Å². The van der Waals surface area contributed by atoms with Gasteiger partial charge < -0.3 is 10.0 Å². The molecule has 0 bridgehead atoms. The summed E-state index contributed by atoms with van der Waals surface area (Å²) in [4.78, 5) is 25.6. The molecule has 1 aromatic heterocycles. The number of nitrogens with zero attached hydrogens (tertiary/aromatic N) is 1. The molecule has 5 heteroatoms. The molecular formula is C20H19NO3S. The molecule has 0 saturated heterocycles. The number of amides is 1. The summed E-state index contributed by atoms with van der Waals surface area (Å²) in [6, 6.07) is 16.2. The second-order valence-electron chi connectivity index (χ2n) is 6.12. The summed E-state index contributed by atoms with van der Waals surface area (Å²) >= 11 is 1.43. The molecule has 0 atom stereocenters. The van der Waals surface area contributed by atoms with E-state index in [9.17, 15) is 9.59 Å². The molecule has 0 aliphatic carbocycles. The van der Waals surface area contributed by atoms with Crippen LogP contribution in [0.4, 0.5) is 0 Å². The molecule has 1 heterocycles. The summed E-state index contributed by atoms with van der Waals surface area (Å²) in [5.41, 5.74) is 3.28. The number of hydrogen-bond donors (Lipinski definition) is 1. The Bertz CT molecular complexity index is 928. The Morgan fingerprint density at radius 2 is 1.76 bits per heavy atom. The molecule has 25 heavy (non-hydrogen) atoms. The molecule has 128 valence electrons. The van der Waals surface area contributed by atoms with E-state index in [1.54, 1.807) is 0 Å². The first-order chi connectivity index (χ1) is 12.0. The number of fused-ring (bicyclic) bond motifs is 1. The predicted octanol–water partition coefficient (Wildman–Crippen LogP) is 3.96. The maximum absolute atomic E-state index is 12.8. The van der Waals surface area contributed by atoms with E-state index in [1.165, 1.54) is 28.8 Å². The molecule has 4 nitrogen and oxygen atoms in total. The van der Waals surface area contributed by atoms with E-state index < -0.39 is 5.97 Å². The average Bonchev–Trinajstić information content (AvgIpc) is 2.94. The normalized spacial score (nSPS) is 10.8. The van der Waals surface area contributed by atoms with Crippen LogP contribution in [0, 0.1) is 6.92 Å². The van der Waals surface area contributed by atoms with Gasteiger partial charge in [-0.1, -0.05) is 48.0 Å². The monoisotopic (exact) mass is 353 g/mol. The van der Waals surface area contributed by atoms with Gasteiger partial charge in [0, 0.05) is 11.7 Å². The van der Waals surface area contributed by atoms with Gasteiger partial charge in [-0.15, -0.1) is 11.3 Å². The maximum Gasteiger partial charge on any atom is 0.323 e. The van der Waals surface area contributed by atoms with Crippen LogP contribution in [-0.4, -0.2) is 35.5 Å². The third-order valence-corrected chi connectivity index (χ3v) is 5.31. The summed E-state index contributed by atoms with van der Waals surface area (Å²) < 4.78 is 1.04. The smallest absolute Gasteiger partial charge is 0.323 e. The highest BCUT2D eigenvalue weighted by molar-refractivity contribution is 7.21. The summed E-state index contributed by atoms with van der Waals surface area (Å²) in [6.45, 7) is 1.73. The summed E-state index contributed by atoms with van der Waals surface area (Å²) in [7, 11) is 1.52. The van der Waals surface area contributed by atoms with E-state index in [0.717, 1.165) is 21.2 Å². The number of aryl methyl sites for hydroxylation is 1. The Hall–Kier alpha value is -2.66. The highest BCUT2D eigenvalue weighted by atomic mass is 32.1. The minimum Gasteiger partial charge on any atom is -0.480 e. The Morgan fingerprint density at radius 3 is 2.44 bits per heavy atom. The van der Waals surface area contributed by atoms with Crippen molar-refractivity contribution in [3.05, 3.63) is 70.1 Å². The van der Waals surface area contributed by atoms with E-state index >= 15 is 0 Å². The SMILES string of the molecule is Cc1ccc(Cc2c(C(=O)N(C)CC(=O)O)sc3ccccc23)cc1. The van der Waals surface area contributed by atoms with Crippen LogP contribution >= 0.6 is 11.3 Å². The topological polar surface area (TPSA) is 57.6 Å². The second kappa shape index (κ2) is 7.07. The Morgan fingerprint density at radius 1 is 1.08 bits per heavy atom. The van der Waals surface area contributed by atoms with E-state index in [-0.39, 0.29) is 12.5 Å². The molecule has 0 saturated carbocycles. The molecule has 0 unspecified atom stereocenters. The van der Waals surface area contributed by atoms with Crippen molar-refractivity contribution in [1.82, 2.24) is 4.90 Å². The van der Waals surface area contributed by atoms with Crippen molar-refractivity contribution in [2.75, 3.05) is 13.6 Å². The molecule has 0 fully saturated rings. The molecule has 1 amide bonds. The van der Waals surface area contributed by atoms with Crippen molar-refractivity contribution in [2.45, 2.75) is 13.3 Å². The Kier molecular flexibility index (Phi) is 4.86. The number of hydrogen-bond acceptors (Lipinski definition) is 3. The van der Waals surface area contributed by atoms with Crippen LogP contribution in [0.3, 0.4) is 0 Å². The van der Waals surface area contributed by atoms with Crippen LogP contribution in [0.25, 0.3) is 10.1 Å². The van der Waals surface area contributed by atoms with Gasteiger partial charge in [0.2, 0.25) is 0 Å². The highest BCUT2D eigenvalue weighted by Gasteiger charge is 2.22. The lowest BCUT2D eigenvalue weighted by atomic mass is 10.0. The van der Waals surface area contributed by atoms with Crippen LogP contribution in [0.15, 0.2) is 48.5 Å². The standard InChI is InChI=1S/C20H19NO3S/c1-13-7-9-14(10-8-13)11-16-15-5-3-4-6-17(15)25-19(16)20(24)21(2)12-18(22)23/h3-10H,11-12H2,1-2H3,(H,22,23). The fourth-order valence-corrected chi connectivity index (χ4v) is 4.02. The summed E-state index contributed by atoms with van der Waals surface area (Å²) in [6.07, 6.45) is 0.645. The quantitative estimate of drug-likeness (QED) is 0.755. The van der Waals surface area contributed by atoms with E-state index in [0.29, 0.717) is 11.3 Å². The number of rotatable bonds is 5. The highest BCUT2D eigenvalue weighted by Crippen LogP contribution is 2.33. The summed E-state index contributed by atoms with van der Waals surface area (Å²) in [5.74, 6) is -1.26. The van der Waals surface area contributed by atoms with Gasteiger partial charge in [-0.2, -0.15) is 0 Å². The van der Waals surface area contributed by atoms with Crippen LogP contribution in [0.1, 0.15) is 26.4 Å². The van der Waals surface area contributed by atoms with Gasteiger partial charge in [0.05, 0.1) is 4.88 Å². The number of aliphatic carboxylic acids is 1. The van der Waals surface area contributed by atoms with Crippen molar-refractivity contribution in [2.24, 2.45) is 0 Å². The Balaban J connectivity index is 2.04. The van der Waals surface area contributed by atoms with E-state index in [2.05, 4.69) is 24.3 Å². The van der Waals surface area contributed by atoms with Crippen molar-refractivity contribution in [3.63, 3.8) is 0 Å². The van der Waals surface area contributed by atoms with Gasteiger partial charge in [-0.05, 0) is 35.9 Å². The third-order valence-electron chi connectivity index (χ3n) is 4.11. The fourth-order valence-electron chi connectivity index (χ4n) is 2.81. The maximum atomic E-state index is 12.8.